The van der Waals surface area contributed by atoms with Gasteiger partial charge in [0.2, 0.25) is 0 Å². The van der Waals surface area contributed by atoms with E-state index in [1.807, 2.05) is 0 Å². The molecule has 0 spiro atoms. The van der Waals surface area contributed by atoms with Gasteiger partial charge < -0.3 is 0 Å². The fourth-order valence-corrected chi connectivity index (χ4v) is 2.09. The fraction of sp³-hybridized carbons (Fsp3) is 0.462. The van der Waals surface area contributed by atoms with Crippen LogP contribution in [0, 0.1) is 13.3 Å². The van der Waals surface area contributed by atoms with Gasteiger partial charge in [-0.25, -0.2) is 0 Å². The van der Waals surface area contributed by atoms with E-state index in [-0.39, 0.29) is 0 Å². The summed E-state index contributed by atoms with van der Waals surface area (Å²) in [4.78, 5) is 0. The Kier molecular flexibility index (Phi) is 2.68. The number of rotatable bonds is 1. The predicted molar refractivity (Wildman–Crippen MR) is 56.7 cm³/mol. The van der Waals surface area contributed by atoms with Crippen LogP contribution in [0.3, 0.4) is 0 Å². The summed E-state index contributed by atoms with van der Waals surface area (Å²) in [5.74, 6) is 0.800. The van der Waals surface area contributed by atoms with Gasteiger partial charge in [0.25, 0.3) is 0 Å². The van der Waals surface area contributed by atoms with Crippen molar-refractivity contribution in [3.8, 4) is 0 Å². The molecule has 69 valence electrons. The molecule has 1 aliphatic rings. The highest BCUT2D eigenvalue weighted by atomic mass is 14.2. The number of benzene rings is 1. The second kappa shape index (κ2) is 3.95. The van der Waals surface area contributed by atoms with E-state index in [9.17, 15) is 0 Å². The molecule has 13 heavy (non-hydrogen) atoms. The SMILES string of the molecule is Cc1ccc(C2C[CH]CCC2)cc1. The van der Waals surface area contributed by atoms with Gasteiger partial charge in [0.15, 0.2) is 0 Å². The van der Waals surface area contributed by atoms with Crippen molar-refractivity contribution in [1.29, 1.82) is 0 Å². The Balaban J connectivity index is 2.10. The van der Waals surface area contributed by atoms with Crippen LogP contribution in [0.1, 0.15) is 42.7 Å². The minimum atomic E-state index is 0.800. The molecule has 1 aliphatic carbocycles. The summed E-state index contributed by atoms with van der Waals surface area (Å²) in [5.41, 5.74) is 2.89. The topological polar surface area (TPSA) is 0 Å². The molecule has 1 aromatic carbocycles. The van der Waals surface area contributed by atoms with E-state index in [0.29, 0.717) is 0 Å². The van der Waals surface area contributed by atoms with Gasteiger partial charge in [-0.05, 0) is 37.7 Å². The lowest BCUT2D eigenvalue weighted by molar-refractivity contribution is 0.517. The molecule has 2 rings (SSSR count). The van der Waals surface area contributed by atoms with Crippen LogP contribution in [0.2, 0.25) is 0 Å². The van der Waals surface area contributed by atoms with Crippen LogP contribution in [0.4, 0.5) is 0 Å². The van der Waals surface area contributed by atoms with Crippen molar-refractivity contribution in [3.05, 3.63) is 41.8 Å². The van der Waals surface area contributed by atoms with Gasteiger partial charge in [-0.2, -0.15) is 0 Å². The van der Waals surface area contributed by atoms with Crippen LogP contribution in [0.5, 0.6) is 0 Å². The molecular formula is C13H17. The van der Waals surface area contributed by atoms with E-state index < -0.39 is 0 Å². The Labute approximate surface area is 81.0 Å². The Morgan fingerprint density at radius 3 is 2.54 bits per heavy atom. The zero-order chi connectivity index (χ0) is 9.10. The smallest absolute Gasteiger partial charge is 0.0159 e. The van der Waals surface area contributed by atoms with Gasteiger partial charge in [-0.1, -0.05) is 42.7 Å². The summed E-state index contributed by atoms with van der Waals surface area (Å²) in [6.45, 7) is 2.15. The van der Waals surface area contributed by atoms with Crippen molar-refractivity contribution < 1.29 is 0 Å². The standard InChI is InChI=1S/C13H17/c1-11-7-9-13(10-8-11)12-5-3-2-4-6-12/h3,7-10,12H,2,4-6H2,1H3. The van der Waals surface area contributed by atoms with E-state index >= 15 is 0 Å². The van der Waals surface area contributed by atoms with Crippen LogP contribution in [-0.2, 0) is 0 Å². The lowest BCUT2D eigenvalue weighted by atomic mass is 9.84. The molecule has 0 heteroatoms. The van der Waals surface area contributed by atoms with E-state index in [4.69, 9.17) is 0 Å². The van der Waals surface area contributed by atoms with E-state index in [1.165, 1.54) is 36.8 Å². The van der Waals surface area contributed by atoms with Gasteiger partial charge >= 0.3 is 0 Å². The minimum absolute atomic E-state index is 0.800. The molecule has 0 aromatic heterocycles. The summed E-state index contributed by atoms with van der Waals surface area (Å²) in [6, 6.07) is 9.03. The third-order valence-electron chi connectivity index (χ3n) is 2.96. The summed E-state index contributed by atoms with van der Waals surface area (Å²) in [6.07, 6.45) is 7.79. The average molecular weight is 173 g/mol. The molecule has 0 saturated heterocycles. The molecule has 1 atom stereocenters. The predicted octanol–water partition coefficient (Wildman–Crippen LogP) is 3.86. The number of aryl methyl sites for hydroxylation is 1. The van der Waals surface area contributed by atoms with Crippen LogP contribution >= 0.6 is 0 Å². The maximum Gasteiger partial charge on any atom is -0.0159 e. The van der Waals surface area contributed by atoms with Gasteiger partial charge in [0.1, 0.15) is 0 Å². The summed E-state index contributed by atoms with van der Waals surface area (Å²) < 4.78 is 0. The maximum atomic E-state index is 2.44. The second-order valence-electron chi connectivity index (χ2n) is 4.06. The highest BCUT2D eigenvalue weighted by molar-refractivity contribution is 5.25. The van der Waals surface area contributed by atoms with Gasteiger partial charge in [-0.15, -0.1) is 0 Å². The molecule has 1 aromatic rings. The highest BCUT2D eigenvalue weighted by Gasteiger charge is 2.14. The van der Waals surface area contributed by atoms with Gasteiger partial charge in [0.05, 0.1) is 0 Å². The van der Waals surface area contributed by atoms with Crippen LogP contribution in [-0.4, -0.2) is 0 Å². The first-order valence-corrected chi connectivity index (χ1v) is 5.24. The van der Waals surface area contributed by atoms with Crippen molar-refractivity contribution in [2.75, 3.05) is 0 Å². The van der Waals surface area contributed by atoms with Crippen molar-refractivity contribution in [3.63, 3.8) is 0 Å². The lowest BCUT2D eigenvalue weighted by Gasteiger charge is -2.21. The first-order valence-electron chi connectivity index (χ1n) is 5.24. The van der Waals surface area contributed by atoms with Crippen LogP contribution < -0.4 is 0 Å². The normalized spacial score (nSPS) is 18.8. The lowest BCUT2D eigenvalue weighted by Crippen LogP contribution is -2.04. The summed E-state index contributed by atoms with van der Waals surface area (Å²) in [7, 11) is 0. The van der Waals surface area contributed by atoms with Crippen molar-refractivity contribution in [1.82, 2.24) is 0 Å². The van der Waals surface area contributed by atoms with E-state index in [1.54, 1.807) is 0 Å². The maximum absolute atomic E-state index is 2.44. The summed E-state index contributed by atoms with van der Waals surface area (Å²) in [5, 5.41) is 0. The van der Waals surface area contributed by atoms with Crippen LogP contribution in [0.15, 0.2) is 24.3 Å². The quantitative estimate of drug-likeness (QED) is 0.605. The van der Waals surface area contributed by atoms with E-state index in [0.717, 1.165) is 5.92 Å². The van der Waals surface area contributed by atoms with Crippen molar-refractivity contribution >= 4 is 0 Å². The molecule has 0 nitrogen and oxygen atoms in total. The molecule has 1 radical (unpaired) electrons. The number of hydrogen-bond acceptors (Lipinski definition) is 0. The minimum Gasteiger partial charge on any atom is -0.0590 e. The Hall–Kier alpha value is -0.780. The molecular weight excluding hydrogens is 156 g/mol. The average Bonchev–Trinajstić information content (AvgIpc) is 2.20. The van der Waals surface area contributed by atoms with Crippen molar-refractivity contribution in [2.24, 2.45) is 0 Å². The van der Waals surface area contributed by atoms with Gasteiger partial charge in [-0.3, -0.25) is 0 Å². The monoisotopic (exact) mass is 173 g/mol. The number of hydrogen-bond donors (Lipinski definition) is 0. The third kappa shape index (κ3) is 2.12. The Bertz CT molecular complexity index is 252. The molecule has 0 heterocycles. The third-order valence-corrected chi connectivity index (χ3v) is 2.96. The molecule has 1 unspecified atom stereocenters. The van der Waals surface area contributed by atoms with Crippen LogP contribution in [0.25, 0.3) is 0 Å². The van der Waals surface area contributed by atoms with E-state index in [2.05, 4.69) is 37.6 Å². The molecule has 1 saturated carbocycles. The fourth-order valence-electron chi connectivity index (χ4n) is 2.09. The first-order chi connectivity index (χ1) is 6.36. The Morgan fingerprint density at radius 1 is 1.15 bits per heavy atom. The van der Waals surface area contributed by atoms with Gasteiger partial charge in [0, 0.05) is 0 Å². The first kappa shape index (κ1) is 8.80. The highest BCUT2D eigenvalue weighted by Crippen LogP contribution is 2.31. The molecule has 0 aliphatic heterocycles. The molecule has 0 N–H and O–H groups in total. The largest absolute Gasteiger partial charge is 0.0590 e. The molecule has 0 amide bonds. The van der Waals surface area contributed by atoms with Crippen molar-refractivity contribution in [2.45, 2.75) is 38.5 Å². The Morgan fingerprint density at radius 2 is 1.92 bits per heavy atom. The molecule has 0 bridgehead atoms. The zero-order valence-electron chi connectivity index (χ0n) is 8.29. The summed E-state index contributed by atoms with van der Waals surface area (Å²) >= 11 is 0. The molecule has 1 fully saturated rings. The second-order valence-corrected chi connectivity index (χ2v) is 4.06. The zero-order valence-corrected chi connectivity index (χ0v) is 8.29.